The summed E-state index contributed by atoms with van der Waals surface area (Å²) in [5.74, 6) is -0.139. The van der Waals surface area contributed by atoms with Gasteiger partial charge in [0.25, 0.3) is 0 Å². The van der Waals surface area contributed by atoms with Gasteiger partial charge in [0.05, 0.1) is 0 Å². The zero-order chi connectivity index (χ0) is 18.8. The first-order valence-electron chi connectivity index (χ1n) is 8.97. The van der Waals surface area contributed by atoms with Gasteiger partial charge in [0.1, 0.15) is 5.82 Å². The van der Waals surface area contributed by atoms with Crippen LogP contribution in [0.25, 0.3) is 22.3 Å². The first-order valence-corrected chi connectivity index (χ1v) is 9.41. The van der Waals surface area contributed by atoms with Gasteiger partial charge in [0.15, 0.2) is 0 Å². The molecule has 0 aromatic heterocycles. The summed E-state index contributed by atoms with van der Waals surface area (Å²) in [5, 5.41) is 0. The average Bonchev–Trinajstić information content (AvgIpc) is 2.63. The number of aryl methyl sites for hydroxylation is 1. The highest BCUT2D eigenvalue weighted by Gasteiger charge is 2.15. The highest BCUT2D eigenvalue weighted by atomic mass is 32.1. The van der Waals surface area contributed by atoms with E-state index < -0.39 is 0 Å². The Morgan fingerprint density at radius 3 is 2.27 bits per heavy atom. The van der Waals surface area contributed by atoms with Crippen LogP contribution in [0, 0.1) is 12.7 Å². The molecule has 3 aromatic rings. The normalized spacial score (nSPS) is 11.0. The lowest BCUT2D eigenvalue weighted by molar-refractivity contribution is 0.609. The van der Waals surface area contributed by atoms with Crippen molar-refractivity contribution in [1.29, 1.82) is 0 Å². The Balaban J connectivity index is 2.20. The SMILES string of the molecule is CCc1cc(-c2cccc(-c3cccc(N)c3C)c2S)cc(F)c1CC. The molecule has 0 bridgehead atoms. The molecule has 0 aliphatic rings. The molecule has 0 saturated heterocycles. The first kappa shape index (κ1) is 18.5. The number of hydrogen-bond acceptors (Lipinski definition) is 2. The van der Waals surface area contributed by atoms with E-state index in [1.807, 2.05) is 50.2 Å². The molecule has 3 rings (SSSR count). The van der Waals surface area contributed by atoms with Gasteiger partial charge in [0.2, 0.25) is 0 Å². The second-order valence-corrected chi connectivity index (χ2v) is 6.97. The summed E-state index contributed by atoms with van der Waals surface area (Å²) in [6, 6.07) is 15.6. The van der Waals surface area contributed by atoms with Crippen molar-refractivity contribution in [3.05, 3.63) is 71.0 Å². The van der Waals surface area contributed by atoms with Gasteiger partial charge in [0, 0.05) is 10.6 Å². The topological polar surface area (TPSA) is 26.0 Å². The highest BCUT2D eigenvalue weighted by Crippen LogP contribution is 2.38. The highest BCUT2D eigenvalue weighted by molar-refractivity contribution is 7.80. The summed E-state index contributed by atoms with van der Waals surface area (Å²) in [4.78, 5) is 0.840. The molecular weight excluding hydrogens is 341 g/mol. The van der Waals surface area contributed by atoms with Crippen molar-refractivity contribution in [1.82, 2.24) is 0 Å². The molecule has 0 fully saturated rings. The van der Waals surface area contributed by atoms with Gasteiger partial charge in [-0.05, 0) is 70.8 Å². The zero-order valence-electron chi connectivity index (χ0n) is 15.4. The summed E-state index contributed by atoms with van der Waals surface area (Å²) in [5.41, 5.74) is 13.6. The molecule has 3 aromatic carbocycles. The Bertz CT molecular complexity index is 963. The standard InChI is InChI=1S/C23H24FNS/c1-4-15-12-16(13-21(24)17(15)5-2)19-9-6-10-20(23(19)26)18-8-7-11-22(25)14(18)3/h6-13,26H,4-5,25H2,1-3H3. The largest absolute Gasteiger partial charge is 0.398 e. The van der Waals surface area contributed by atoms with Crippen LogP contribution in [0.2, 0.25) is 0 Å². The first-order chi connectivity index (χ1) is 12.5. The van der Waals surface area contributed by atoms with Crippen molar-refractivity contribution < 1.29 is 4.39 Å². The van der Waals surface area contributed by atoms with E-state index in [1.165, 1.54) is 0 Å². The minimum atomic E-state index is -0.139. The average molecular weight is 366 g/mol. The summed E-state index contributed by atoms with van der Waals surface area (Å²) < 4.78 is 14.6. The van der Waals surface area contributed by atoms with Crippen molar-refractivity contribution in [3.63, 3.8) is 0 Å². The molecule has 0 radical (unpaired) electrons. The van der Waals surface area contributed by atoms with E-state index in [1.54, 1.807) is 6.07 Å². The molecule has 0 heterocycles. The van der Waals surface area contributed by atoms with E-state index in [-0.39, 0.29) is 5.82 Å². The lowest BCUT2D eigenvalue weighted by atomic mass is 9.92. The fourth-order valence-corrected chi connectivity index (χ4v) is 3.90. The van der Waals surface area contributed by atoms with E-state index in [2.05, 4.69) is 13.0 Å². The minimum absolute atomic E-state index is 0.139. The lowest BCUT2D eigenvalue weighted by Crippen LogP contribution is -1.98. The van der Waals surface area contributed by atoms with Crippen molar-refractivity contribution in [2.75, 3.05) is 5.73 Å². The van der Waals surface area contributed by atoms with Gasteiger partial charge < -0.3 is 5.73 Å². The van der Waals surface area contributed by atoms with Gasteiger partial charge in [-0.2, -0.15) is 0 Å². The van der Waals surface area contributed by atoms with Gasteiger partial charge in [-0.15, -0.1) is 12.6 Å². The van der Waals surface area contributed by atoms with Gasteiger partial charge in [-0.1, -0.05) is 50.2 Å². The maximum atomic E-state index is 14.6. The predicted molar refractivity (Wildman–Crippen MR) is 112 cm³/mol. The lowest BCUT2D eigenvalue weighted by Gasteiger charge is -2.16. The number of hydrogen-bond donors (Lipinski definition) is 2. The van der Waals surface area contributed by atoms with Gasteiger partial charge >= 0.3 is 0 Å². The molecule has 2 N–H and O–H groups in total. The third kappa shape index (κ3) is 3.24. The Morgan fingerprint density at radius 1 is 0.923 bits per heavy atom. The number of nitrogen functional groups attached to an aromatic ring is 1. The zero-order valence-corrected chi connectivity index (χ0v) is 16.3. The third-order valence-electron chi connectivity index (χ3n) is 5.04. The second-order valence-electron chi connectivity index (χ2n) is 6.52. The van der Waals surface area contributed by atoms with Crippen molar-refractivity contribution in [2.45, 2.75) is 38.5 Å². The van der Waals surface area contributed by atoms with E-state index in [0.717, 1.165) is 55.9 Å². The van der Waals surface area contributed by atoms with Gasteiger partial charge in [-0.3, -0.25) is 0 Å². The quantitative estimate of drug-likeness (QED) is 0.402. The van der Waals surface area contributed by atoms with Crippen LogP contribution in [0.15, 0.2) is 53.4 Å². The molecule has 134 valence electrons. The number of benzene rings is 3. The molecule has 0 atom stereocenters. The third-order valence-corrected chi connectivity index (χ3v) is 5.52. The molecule has 0 spiro atoms. The van der Waals surface area contributed by atoms with Gasteiger partial charge in [-0.25, -0.2) is 4.39 Å². The van der Waals surface area contributed by atoms with E-state index in [9.17, 15) is 4.39 Å². The molecule has 0 aliphatic carbocycles. The molecule has 3 heteroatoms. The Hall–Kier alpha value is -2.26. The molecule has 0 saturated carbocycles. The summed E-state index contributed by atoms with van der Waals surface area (Å²) in [7, 11) is 0. The van der Waals surface area contributed by atoms with E-state index in [0.29, 0.717) is 6.42 Å². The number of rotatable bonds is 4. The Labute approximate surface area is 160 Å². The van der Waals surface area contributed by atoms with Crippen LogP contribution in [-0.4, -0.2) is 0 Å². The van der Waals surface area contributed by atoms with Crippen LogP contribution in [-0.2, 0) is 12.8 Å². The molecule has 26 heavy (non-hydrogen) atoms. The monoisotopic (exact) mass is 365 g/mol. The molecular formula is C23H24FNS. The smallest absolute Gasteiger partial charge is 0.127 e. The maximum absolute atomic E-state index is 14.6. The number of halogens is 1. The molecule has 0 amide bonds. The van der Waals surface area contributed by atoms with Crippen LogP contribution in [0.1, 0.15) is 30.5 Å². The van der Waals surface area contributed by atoms with Crippen LogP contribution < -0.4 is 5.73 Å². The minimum Gasteiger partial charge on any atom is -0.398 e. The fraction of sp³-hybridized carbons (Fsp3) is 0.217. The maximum Gasteiger partial charge on any atom is 0.127 e. The molecule has 0 aliphatic heterocycles. The number of anilines is 1. The van der Waals surface area contributed by atoms with Crippen LogP contribution in [0.5, 0.6) is 0 Å². The van der Waals surface area contributed by atoms with Crippen molar-refractivity contribution >= 4 is 18.3 Å². The van der Waals surface area contributed by atoms with E-state index >= 15 is 0 Å². The van der Waals surface area contributed by atoms with Crippen LogP contribution in [0.4, 0.5) is 10.1 Å². The molecule has 0 unspecified atom stereocenters. The number of nitrogens with two attached hydrogens (primary N) is 1. The van der Waals surface area contributed by atoms with Crippen molar-refractivity contribution in [2.24, 2.45) is 0 Å². The second kappa shape index (κ2) is 7.55. The van der Waals surface area contributed by atoms with Crippen molar-refractivity contribution in [3.8, 4) is 22.3 Å². The molecule has 1 nitrogen and oxygen atoms in total. The summed E-state index contributed by atoms with van der Waals surface area (Å²) >= 11 is 4.80. The van der Waals surface area contributed by atoms with Crippen LogP contribution >= 0.6 is 12.6 Å². The Kier molecular flexibility index (Phi) is 5.38. The summed E-state index contributed by atoms with van der Waals surface area (Å²) in [6.45, 7) is 6.06. The predicted octanol–water partition coefficient (Wildman–Crippen LogP) is 6.46. The van der Waals surface area contributed by atoms with E-state index in [4.69, 9.17) is 18.4 Å². The number of thiol groups is 1. The fourth-order valence-electron chi connectivity index (χ4n) is 3.50. The van der Waals surface area contributed by atoms with Crippen LogP contribution in [0.3, 0.4) is 0 Å². The summed E-state index contributed by atoms with van der Waals surface area (Å²) in [6.07, 6.45) is 1.51. The Morgan fingerprint density at radius 2 is 1.58 bits per heavy atom.